The molecule has 0 fully saturated rings. The lowest BCUT2D eigenvalue weighted by Gasteiger charge is -2.05. The number of hydrogen-bond donors (Lipinski definition) is 2. The zero-order valence-corrected chi connectivity index (χ0v) is 11.2. The predicted octanol–water partition coefficient (Wildman–Crippen LogP) is 2.96. The molecule has 1 aromatic heterocycles. The number of benzene rings is 1. The third kappa shape index (κ3) is 3.41. The van der Waals surface area contributed by atoms with Crippen LogP contribution in [0, 0.1) is 5.82 Å². The maximum atomic E-state index is 13.4. The number of aliphatic hydroxyl groups is 1. The maximum absolute atomic E-state index is 13.4. The third-order valence-electron chi connectivity index (χ3n) is 2.50. The van der Waals surface area contributed by atoms with E-state index in [0.717, 1.165) is 10.2 Å². The second kappa shape index (κ2) is 6.13. The van der Waals surface area contributed by atoms with E-state index in [0.29, 0.717) is 24.4 Å². The first kappa shape index (κ1) is 13.3. The summed E-state index contributed by atoms with van der Waals surface area (Å²) in [6.07, 6.45) is 0. The van der Waals surface area contributed by atoms with Gasteiger partial charge in [-0.05, 0) is 30.3 Å². The summed E-state index contributed by atoms with van der Waals surface area (Å²) in [4.78, 5) is 0. The van der Waals surface area contributed by atoms with E-state index in [9.17, 15) is 4.39 Å². The molecule has 0 aliphatic rings. The molecule has 0 aliphatic carbocycles. The Labute approximate surface area is 113 Å². The van der Waals surface area contributed by atoms with Crippen molar-refractivity contribution in [2.45, 2.75) is 19.7 Å². The zero-order valence-electron chi connectivity index (χ0n) is 9.62. The van der Waals surface area contributed by atoms with Gasteiger partial charge in [-0.15, -0.1) is 0 Å². The minimum atomic E-state index is -0.235. The summed E-state index contributed by atoms with van der Waals surface area (Å²) in [5, 5.41) is 11.9. The lowest BCUT2D eigenvalue weighted by atomic mass is 10.2. The van der Waals surface area contributed by atoms with Gasteiger partial charge in [0, 0.05) is 16.6 Å². The van der Waals surface area contributed by atoms with Crippen molar-refractivity contribution in [3.05, 3.63) is 57.7 Å². The van der Waals surface area contributed by atoms with Gasteiger partial charge in [0.1, 0.15) is 23.9 Å². The summed E-state index contributed by atoms with van der Waals surface area (Å²) in [5.74, 6) is 1.01. The largest absolute Gasteiger partial charge is 0.462 e. The Morgan fingerprint density at radius 1 is 1.17 bits per heavy atom. The fourth-order valence-corrected chi connectivity index (χ4v) is 2.01. The molecule has 0 spiro atoms. The number of furan rings is 1. The van der Waals surface area contributed by atoms with Crippen molar-refractivity contribution < 1.29 is 13.9 Å². The summed E-state index contributed by atoms with van der Waals surface area (Å²) >= 11 is 3.31. The van der Waals surface area contributed by atoms with Crippen LogP contribution in [0.25, 0.3) is 0 Å². The van der Waals surface area contributed by atoms with Gasteiger partial charge in [0.2, 0.25) is 0 Å². The Kier molecular flexibility index (Phi) is 4.52. The van der Waals surface area contributed by atoms with Crippen LogP contribution in [-0.4, -0.2) is 5.11 Å². The molecule has 0 saturated heterocycles. The average Bonchev–Trinajstić information content (AvgIpc) is 2.81. The van der Waals surface area contributed by atoms with E-state index in [4.69, 9.17) is 9.52 Å². The highest BCUT2D eigenvalue weighted by atomic mass is 79.9. The second-order valence-corrected chi connectivity index (χ2v) is 4.78. The minimum absolute atomic E-state index is 0.111. The molecule has 0 bridgehead atoms. The number of hydrogen-bond acceptors (Lipinski definition) is 3. The molecule has 2 aromatic rings. The van der Waals surface area contributed by atoms with Gasteiger partial charge in [0.05, 0.1) is 6.54 Å². The van der Waals surface area contributed by atoms with Gasteiger partial charge in [-0.1, -0.05) is 15.9 Å². The lowest BCUT2D eigenvalue weighted by Crippen LogP contribution is -2.13. The van der Waals surface area contributed by atoms with Crippen LogP contribution in [0.5, 0.6) is 0 Å². The highest BCUT2D eigenvalue weighted by molar-refractivity contribution is 9.10. The Hall–Kier alpha value is -1.17. The first-order valence-corrected chi connectivity index (χ1v) is 6.31. The fourth-order valence-electron chi connectivity index (χ4n) is 1.60. The van der Waals surface area contributed by atoms with Crippen LogP contribution < -0.4 is 5.32 Å². The van der Waals surface area contributed by atoms with Gasteiger partial charge < -0.3 is 14.8 Å². The van der Waals surface area contributed by atoms with Gasteiger partial charge in [-0.3, -0.25) is 0 Å². The van der Waals surface area contributed by atoms with Crippen LogP contribution in [-0.2, 0) is 19.7 Å². The van der Waals surface area contributed by atoms with Gasteiger partial charge in [-0.2, -0.15) is 0 Å². The molecule has 2 N–H and O–H groups in total. The first-order valence-electron chi connectivity index (χ1n) is 5.52. The van der Waals surface area contributed by atoms with E-state index in [1.165, 1.54) is 6.07 Å². The number of halogens is 2. The number of nitrogens with one attached hydrogen (secondary N) is 1. The van der Waals surface area contributed by atoms with Gasteiger partial charge in [0.15, 0.2) is 0 Å². The molecule has 18 heavy (non-hydrogen) atoms. The van der Waals surface area contributed by atoms with Crippen molar-refractivity contribution in [3.63, 3.8) is 0 Å². The summed E-state index contributed by atoms with van der Waals surface area (Å²) in [5.41, 5.74) is 0.596. The molecule has 5 heteroatoms. The highest BCUT2D eigenvalue weighted by Gasteiger charge is 2.04. The van der Waals surface area contributed by atoms with E-state index in [-0.39, 0.29) is 12.4 Å². The minimum Gasteiger partial charge on any atom is -0.462 e. The molecule has 96 valence electrons. The Balaban J connectivity index is 1.90. The molecular formula is C13H13BrFNO2. The zero-order chi connectivity index (χ0) is 13.0. The summed E-state index contributed by atoms with van der Waals surface area (Å²) < 4.78 is 19.6. The molecule has 0 unspecified atom stereocenters. The molecule has 1 aromatic carbocycles. The van der Waals surface area contributed by atoms with Crippen molar-refractivity contribution in [3.8, 4) is 0 Å². The standard InChI is InChI=1S/C13H13BrFNO2/c14-10-1-4-13(15)9(5-10)6-16-7-11-2-3-12(8-17)18-11/h1-5,16-17H,6-8H2. The molecular weight excluding hydrogens is 301 g/mol. The van der Waals surface area contributed by atoms with Crippen molar-refractivity contribution >= 4 is 15.9 Å². The van der Waals surface area contributed by atoms with E-state index in [2.05, 4.69) is 21.2 Å². The van der Waals surface area contributed by atoms with E-state index < -0.39 is 0 Å². The average molecular weight is 314 g/mol. The van der Waals surface area contributed by atoms with Crippen molar-refractivity contribution in [1.82, 2.24) is 5.32 Å². The van der Waals surface area contributed by atoms with Gasteiger partial charge in [-0.25, -0.2) is 4.39 Å². The van der Waals surface area contributed by atoms with Gasteiger partial charge in [0.25, 0.3) is 0 Å². The first-order chi connectivity index (χ1) is 8.69. The smallest absolute Gasteiger partial charge is 0.129 e. The highest BCUT2D eigenvalue weighted by Crippen LogP contribution is 2.15. The molecule has 3 nitrogen and oxygen atoms in total. The molecule has 0 radical (unpaired) electrons. The van der Waals surface area contributed by atoms with Crippen LogP contribution in [0.15, 0.2) is 39.2 Å². The molecule has 1 heterocycles. The van der Waals surface area contributed by atoms with E-state index in [1.807, 2.05) is 0 Å². The third-order valence-corrected chi connectivity index (χ3v) is 2.99. The van der Waals surface area contributed by atoms with E-state index in [1.54, 1.807) is 24.3 Å². The summed E-state index contributed by atoms with van der Waals surface area (Å²) in [6.45, 7) is 0.798. The van der Waals surface area contributed by atoms with E-state index >= 15 is 0 Å². The van der Waals surface area contributed by atoms with Crippen molar-refractivity contribution in [2.75, 3.05) is 0 Å². The van der Waals surface area contributed by atoms with Crippen LogP contribution in [0.4, 0.5) is 4.39 Å². The van der Waals surface area contributed by atoms with Crippen molar-refractivity contribution in [1.29, 1.82) is 0 Å². The molecule has 0 atom stereocenters. The normalized spacial score (nSPS) is 10.8. The fraction of sp³-hybridized carbons (Fsp3) is 0.231. The van der Waals surface area contributed by atoms with Crippen LogP contribution in [0.3, 0.4) is 0 Å². The van der Waals surface area contributed by atoms with Gasteiger partial charge >= 0.3 is 0 Å². The van der Waals surface area contributed by atoms with Crippen LogP contribution in [0.2, 0.25) is 0 Å². The monoisotopic (exact) mass is 313 g/mol. The van der Waals surface area contributed by atoms with Crippen LogP contribution in [0.1, 0.15) is 17.1 Å². The Morgan fingerprint density at radius 2 is 1.94 bits per heavy atom. The number of aliphatic hydroxyl groups excluding tert-OH is 1. The van der Waals surface area contributed by atoms with Crippen LogP contribution >= 0.6 is 15.9 Å². The Morgan fingerprint density at radius 3 is 2.67 bits per heavy atom. The topological polar surface area (TPSA) is 45.4 Å². The maximum Gasteiger partial charge on any atom is 0.129 e. The molecule has 0 aliphatic heterocycles. The second-order valence-electron chi connectivity index (χ2n) is 3.87. The lowest BCUT2D eigenvalue weighted by molar-refractivity contribution is 0.242. The molecule has 0 saturated carbocycles. The Bertz CT molecular complexity index is 527. The molecule has 0 amide bonds. The summed E-state index contributed by atoms with van der Waals surface area (Å²) in [6, 6.07) is 8.34. The quantitative estimate of drug-likeness (QED) is 0.892. The van der Waals surface area contributed by atoms with Crippen molar-refractivity contribution in [2.24, 2.45) is 0 Å². The molecule has 2 rings (SSSR count). The SMILES string of the molecule is OCc1ccc(CNCc2cc(Br)ccc2F)o1. The summed E-state index contributed by atoms with van der Waals surface area (Å²) in [7, 11) is 0. The predicted molar refractivity (Wildman–Crippen MR) is 69.3 cm³/mol. The number of rotatable bonds is 5.